The Hall–Kier alpha value is -3.95. The molecule has 0 bridgehead atoms. The number of hydrogen-bond acceptors (Lipinski definition) is 4. The van der Waals surface area contributed by atoms with Crippen LogP contribution in [0.5, 0.6) is 0 Å². The van der Waals surface area contributed by atoms with Gasteiger partial charge in [0.05, 0.1) is 5.52 Å². The van der Waals surface area contributed by atoms with E-state index in [2.05, 4.69) is 16.2 Å². The number of terminal acetylenes is 1. The Kier molecular flexibility index (Phi) is 5.29. The standard InChI is InChI=1S/C23H15ClN4O2/c1-2-21(29)27(18-12-8-11-17(24)15-18)22(16-9-4-3-5-10-16)23(30)28-20-14-7-6-13-19(20)25-26-28/h1,3-15,22H. The van der Waals surface area contributed by atoms with Gasteiger partial charge in [-0.3, -0.25) is 14.5 Å². The molecule has 0 N–H and O–H groups in total. The van der Waals surface area contributed by atoms with Gasteiger partial charge in [-0.1, -0.05) is 65.3 Å². The first-order valence-corrected chi connectivity index (χ1v) is 9.43. The quantitative estimate of drug-likeness (QED) is 0.471. The predicted molar refractivity (Wildman–Crippen MR) is 115 cm³/mol. The van der Waals surface area contributed by atoms with E-state index in [1.807, 2.05) is 6.07 Å². The summed E-state index contributed by atoms with van der Waals surface area (Å²) < 4.78 is 1.19. The summed E-state index contributed by atoms with van der Waals surface area (Å²) in [6.45, 7) is 0. The van der Waals surface area contributed by atoms with Gasteiger partial charge < -0.3 is 0 Å². The van der Waals surface area contributed by atoms with E-state index in [9.17, 15) is 9.59 Å². The highest BCUT2D eigenvalue weighted by atomic mass is 35.5. The molecule has 146 valence electrons. The fourth-order valence-electron chi connectivity index (χ4n) is 3.26. The summed E-state index contributed by atoms with van der Waals surface area (Å²) in [6, 6.07) is 21.5. The molecule has 0 aliphatic carbocycles. The lowest BCUT2D eigenvalue weighted by Crippen LogP contribution is -2.40. The Morgan fingerprint density at radius 1 is 1.00 bits per heavy atom. The van der Waals surface area contributed by atoms with Crippen LogP contribution >= 0.6 is 11.6 Å². The van der Waals surface area contributed by atoms with Crippen LogP contribution in [-0.2, 0) is 4.79 Å². The molecule has 0 saturated carbocycles. The van der Waals surface area contributed by atoms with E-state index < -0.39 is 17.9 Å². The highest BCUT2D eigenvalue weighted by Crippen LogP contribution is 2.31. The number of hydrogen-bond donors (Lipinski definition) is 0. The van der Waals surface area contributed by atoms with Crippen molar-refractivity contribution in [1.82, 2.24) is 15.0 Å². The summed E-state index contributed by atoms with van der Waals surface area (Å²) >= 11 is 6.14. The summed E-state index contributed by atoms with van der Waals surface area (Å²) in [5.74, 6) is 0.966. The first-order chi connectivity index (χ1) is 14.6. The lowest BCUT2D eigenvalue weighted by atomic mass is 10.0. The number of para-hydroxylation sites is 1. The van der Waals surface area contributed by atoms with E-state index in [4.69, 9.17) is 18.0 Å². The number of carbonyl (C=O) groups is 2. The lowest BCUT2D eigenvalue weighted by Gasteiger charge is -2.29. The summed E-state index contributed by atoms with van der Waals surface area (Å²) in [5, 5.41) is 8.49. The number of fused-ring (bicyclic) bond motifs is 1. The average Bonchev–Trinajstić information content (AvgIpc) is 3.21. The van der Waals surface area contributed by atoms with E-state index in [1.54, 1.807) is 72.8 Å². The van der Waals surface area contributed by atoms with Crippen LogP contribution in [0.4, 0.5) is 5.69 Å². The fourth-order valence-corrected chi connectivity index (χ4v) is 3.45. The summed E-state index contributed by atoms with van der Waals surface area (Å²) in [7, 11) is 0. The van der Waals surface area contributed by atoms with Crippen LogP contribution in [0, 0.1) is 12.3 Å². The fraction of sp³-hybridized carbons (Fsp3) is 0.0435. The van der Waals surface area contributed by atoms with Crippen LogP contribution in [0.3, 0.4) is 0 Å². The Bertz CT molecular complexity index is 1280. The summed E-state index contributed by atoms with van der Waals surface area (Å²) in [6.07, 6.45) is 5.45. The molecule has 0 aliphatic heterocycles. The smallest absolute Gasteiger partial charge is 0.285 e. The second kappa shape index (κ2) is 8.19. The average molecular weight is 415 g/mol. The second-order valence-corrected chi connectivity index (χ2v) is 6.88. The van der Waals surface area contributed by atoms with Crippen molar-refractivity contribution >= 4 is 40.1 Å². The normalized spacial score (nSPS) is 11.6. The predicted octanol–water partition coefficient (Wildman–Crippen LogP) is 4.13. The Morgan fingerprint density at radius 3 is 2.47 bits per heavy atom. The number of halogens is 1. The first-order valence-electron chi connectivity index (χ1n) is 9.05. The van der Waals surface area contributed by atoms with Crippen molar-refractivity contribution in [3.63, 3.8) is 0 Å². The molecule has 1 heterocycles. The molecule has 0 aliphatic rings. The van der Waals surface area contributed by atoms with Gasteiger partial charge >= 0.3 is 5.91 Å². The van der Waals surface area contributed by atoms with Gasteiger partial charge in [-0.2, -0.15) is 4.68 Å². The number of aromatic nitrogens is 3. The molecular weight excluding hydrogens is 400 g/mol. The van der Waals surface area contributed by atoms with Crippen LogP contribution in [0.25, 0.3) is 11.0 Å². The molecule has 1 amide bonds. The van der Waals surface area contributed by atoms with Gasteiger partial charge in [-0.15, -0.1) is 11.5 Å². The molecule has 3 aromatic carbocycles. The van der Waals surface area contributed by atoms with Crippen molar-refractivity contribution in [3.8, 4) is 12.3 Å². The Balaban J connectivity index is 1.92. The number of benzene rings is 3. The zero-order valence-electron chi connectivity index (χ0n) is 15.6. The molecule has 6 nitrogen and oxygen atoms in total. The third-order valence-corrected chi connectivity index (χ3v) is 4.83. The SMILES string of the molecule is C#CC(=O)N(c1cccc(Cl)c1)C(C(=O)n1nnc2ccccc21)c1ccccc1. The number of carbonyl (C=O) groups excluding carboxylic acids is 2. The molecule has 1 unspecified atom stereocenters. The van der Waals surface area contributed by atoms with E-state index in [0.717, 1.165) is 0 Å². The molecule has 0 saturated heterocycles. The van der Waals surface area contributed by atoms with Crippen LogP contribution in [-0.4, -0.2) is 26.8 Å². The van der Waals surface area contributed by atoms with Crippen LogP contribution in [0.2, 0.25) is 5.02 Å². The second-order valence-electron chi connectivity index (χ2n) is 6.44. The zero-order valence-corrected chi connectivity index (χ0v) is 16.4. The molecule has 0 spiro atoms. The Morgan fingerprint density at radius 2 is 1.73 bits per heavy atom. The number of amides is 1. The highest BCUT2D eigenvalue weighted by Gasteiger charge is 2.34. The number of nitrogens with zero attached hydrogens (tertiary/aromatic N) is 4. The topological polar surface area (TPSA) is 68.1 Å². The van der Waals surface area contributed by atoms with E-state index in [0.29, 0.717) is 27.3 Å². The van der Waals surface area contributed by atoms with Crippen molar-refractivity contribution in [2.24, 2.45) is 0 Å². The van der Waals surface area contributed by atoms with Gasteiger partial charge in [-0.05, 0) is 41.8 Å². The minimum atomic E-state index is -1.07. The van der Waals surface area contributed by atoms with Crippen molar-refractivity contribution in [2.45, 2.75) is 6.04 Å². The molecule has 4 rings (SSSR count). The summed E-state index contributed by atoms with van der Waals surface area (Å²) in [4.78, 5) is 27.8. The van der Waals surface area contributed by atoms with Gasteiger partial charge in [0.25, 0.3) is 5.91 Å². The number of rotatable bonds is 4. The maximum atomic E-state index is 13.7. The minimum absolute atomic E-state index is 0.400. The van der Waals surface area contributed by atoms with Gasteiger partial charge in [0.1, 0.15) is 11.6 Å². The Labute approximate surface area is 177 Å². The van der Waals surface area contributed by atoms with Crippen molar-refractivity contribution in [2.75, 3.05) is 4.90 Å². The monoisotopic (exact) mass is 414 g/mol. The largest absolute Gasteiger partial charge is 0.303 e. The van der Waals surface area contributed by atoms with Gasteiger partial charge in [0.2, 0.25) is 0 Å². The van der Waals surface area contributed by atoms with Gasteiger partial charge in [0.15, 0.2) is 0 Å². The van der Waals surface area contributed by atoms with Crippen molar-refractivity contribution in [1.29, 1.82) is 0 Å². The van der Waals surface area contributed by atoms with E-state index in [1.165, 1.54) is 9.58 Å². The molecule has 7 heteroatoms. The molecule has 0 fully saturated rings. The first kappa shape index (κ1) is 19.4. The van der Waals surface area contributed by atoms with Crippen molar-refractivity contribution < 1.29 is 9.59 Å². The third-order valence-electron chi connectivity index (χ3n) is 4.60. The maximum absolute atomic E-state index is 13.7. The maximum Gasteiger partial charge on any atom is 0.303 e. The van der Waals surface area contributed by atoms with Crippen LogP contribution < -0.4 is 4.90 Å². The molecule has 1 atom stereocenters. The van der Waals surface area contributed by atoms with E-state index in [-0.39, 0.29) is 0 Å². The van der Waals surface area contributed by atoms with Crippen LogP contribution in [0.1, 0.15) is 16.4 Å². The highest BCUT2D eigenvalue weighted by molar-refractivity contribution is 6.31. The van der Waals surface area contributed by atoms with Gasteiger partial charge in [0, 0.05) is 10.7 Å². The number of anilines is 1. The minimum Gasteiger partial charge on any atom is -0.285 e. The van der Waals surface area contributed by atoms with Gasteiger partial charge in [-0.25, -0.2) is 0 Å². The van der Waals surface area contributed by atoms with Crippen molar-refractivity contribution in [3.05, 3.63) is 89.4 Å². The molecule has 4 aromatic rings. The molecule has 0 radical (unpaired) electrons. The lowest BCUT2D eigenvalue weighted by molar-refractivity contribution is -0.113. The summed E-state index contributed by atoms with van der Waals surface area (Å²) in [5.41, 5.74) is 2.07. The van der Waals surface area contributed by atoms with E-state index >= 15 is 0 Å². The third kappa shape index (κ3) is 3.54. The molecule has 30 heavy (non-hydrogen) atoms. The molecule has 1 aromatic heterocycles. The van der Waals surface area contributed by atoms with Crippen LogP contribution in [0.15, 0.2) is 78.9 Å². The zero-order chi connectivity index (χ0) is 21.1. The molecular formula is C23H15ClN4O2.